The molecule has 1 saturated heterocycles. The highest BCUT2D eigenvalue weighted by molar-refractivity contribution is 5.73. The van der Waals surface area contributed by atoms with Gasteiger partial charge in [-0.05, 0) is 20.8 Å². The van der Waals surface area contributed by atoms with Crippen molar-refractivity contribution in [3.8, 4) is 5.88 Å². The molecule has 0 spiro atoms. The Morgan fingerprint density at radius 1 is 1.50 bits per heavy atom. The van der Waals surface area contributed by atoms with Crippen molar-refractivity contribution < 1.29 is 14.6 Å². The summed E-state index contributed by atoms with van der Waals surface area (Å²) in [6.07, 6.45) is 0.0512. The molecule has 0 atom stereocenters. The highest BCUT2D eigenvalue weighted by Crippen LogP contribution is 2.24. The SMILES string of the molecule is Cc1cc(OC(C)C)nc(N2CC(C(=O)O)C2)n1. The summed E-state index contributed by atoms with van der Waals surface area (Å²) in [6, 6.07) is 1.78. The highest BCUT2D eigenvalue weighted by Gasteiger charge is 2.34. The van der Waals surface area contributed by atoms with E-state index in [2.05, 4.69) is 9.97 Å². The molecule has 18 heavy (non-hydrogen) atoms. The predicted octanol–water partition coefficient (Wildman–Crippen LogP) is 1.09. The summed E-state index contributed by atoms with van der Waals surface area (Å²) in [4.78, 5) is 21.2. The normalized spacial score (nSPS) is 15.7. The quantitative estimate of drug-likeness (QED) is 0.863. The third kappa shape index (κ3) is 2.69. The number of ether oxygens (including phenoxy) is 1. The lowest BCUT2D eigenvalue weighted by molar-refractivity contribution is -0.142. The molecular formula is C12H17N3O3. The maximum absolute atomic E-state index is 10.7. The Labute approximate surface area is 106 Å². The zero-order valence-corrected chi connectivity index (χ0v) is 10.8. The molecule has 0 radical (unpaired) electrons. The molecule has 0 unspecified atom stereocenters. The molecule has 1 fully saturated rings. The van der Waals surface area contributed by atoms with E-state index in [0.717, 1.165) is 5.69 Å². The number of carbonyl (C=O) groups is 1. The molecule has 6 heteroatoms. The molecule has 0 amide bonds. The van der Waals surface area contributed by atoms with E-state index in [-0.39, 0.29) is 12.0 Å². The average molecular weight is 251 g/mol. The summed E-state index contributed by atoms with van der Waals surface area (Å²) < 4.78 is 5.53. The number of hydrogen-bond donors (Lipinski definition) is 1. The van der Waals surface area contributed by atoms with E-state index in [9.17, 15) is 4.79 Å². The molecule has 2 rings (SSSR count). The number of aromatic nitrogens is 2. The van der Waals surface area contributed by atoms with Crippen LogP contribution in [0.5, 0.6) is 5.88 Å². The van der Waals surface area contributed by atoms with E-state index in [1.807, 2.05) is 25.7 Å². The number of rotatable bonds is 4. The Balaban J connectivity index is 2.10. The maximum Gasteiger partial charge on any atom is 0.310 e. The van der Waals surface area contributed by atoms with Gasteiger partial charge in [0.15, 0.2) is 0 Å². The first-order valence-corrected chi connectivity index (χ1v) is 5.96. The van der Waals surface area contributed by atoms with Gasteiger partial charge in [-0.1, -0.05) is 0 Å². The molecule has 1 aromatic rings. The summed E-state index contributed by atoms with van der Waals surface area (Å²) in [6.45, 7) is 6.65. The lowest BCUT2D eigenvalue weighted by Gasteiger charge is -2.36. The number of carboxylic acid groups (broad SMARTS) is 1. The van der Waals surface area contributed by atoms with Crippen LogP contribution < -0.4 is 9.64 Å². The first-order chi connectivity index (χ1) is 8.45. The lowest BCUT2D eigenvalue weighted by Crippen LogP contribution is -2.51. The Morgan fingerprint density at radius 2 is 2.17 bits per heavy atom. The van der Waals surface area contributed by atoms with Gasteiger partial charge in [0, 0.05) is 24.8 Å². The monoisotopic (exact) mass is 251 g/mol. The van der Waals surface area contributed by atoms with Crippen molar-refractivity contribution in [2.24, 2.45) is 5.92 Å². The molecule has 0 bridgehead atoms. The van der Waals surface area contributed by atoms with E-state index in [1.165, 1.54) is 0 Å². The van der Waals surface area contributed by atoms with Crippen molar-refractivity contribution in [1.29, 1.82) is 0 Å². The average Bonchev–Trinajstić information content (AvgIpc) is 2.11. The second-order valence-corrected chi connectivity index (χ2v) is 4.75. The molecule has 98 valence electrons. The molecule has 0 saturated carbocycles. The van der Waals surface area contributed by atoms with Crippen LogP contribution in [0.25, 0.3) is 0 Å². The van der Waals surface area contributed by atoms with Crippen molar-refractivity contribution in [3.05, 3.63) is 11.8 Å². The smallest absolute Gasteiger partial charge is 0.310 e. The third-order valence-electron chi connectivity index (χ3n) is 2.69. The van der Waals surface area contributed by atoms with Crippen molar-refractivity contribution in [2.45, 2.75) is 26.9 Å². The van der Waals surface area contributed by atoms with Crippen LogP contribution in [0.1, 0.15) is 19.5 Å². The van der Waals surface area contributed by atoms with Crippen molar-refractivity contribution in [1.82, 2.24) is 9.97 Å². The molecule has 2 heterocycles. The van der Waals surface area contributed by atoms with Crippen LogP contribution in [0.2, 0.25) is 0 Å². The summed E-state index contributed by atoms with van der Waals surface area (Å²) >= 11 is 0. The third-order valence-corrected chi connectivity index (χ3v) is 2.69. The molecule has 1 aliphatic rings. The van der Waals surface area contributed by atoms with Gasteiger partial charge in [-0.25, -0.2) is 4.98 Å². The van der Waals surface area contributed by atoms with Gasteiger partial charge in [-0.15, -0.1) is 0 Å². The Bertz CT molecular complexity index is 456. The number of hydrogen-bond acceptors (Lipinski definition) is 5. The van der Waals surface area contributed by atoms with Crippen LogP contribution in [-0.2, 0) is 4.79 Å². The van der Waals surface area contributed by atoms with E-state index in [0.29, 0.717) is 24.9 Å². The number of nitrogens with zero attached hydrogens (tertiary/aromatic N) is 3. The second-order valence-electron chi connectivity index (χ2n) is 4.75. The first kappa shape index (κ1) is 12.6. The van der Waals surface area contributed by atoms with E-state index in [1.54, 1.807) is 6.07 Å². The van der Waals surface area contributed by atoms with Gasteiger partial charge in [0.1, 0.15) is 0 Å². The molecule has 0 aromatic carbocycles. The second kappa shape index (κ2) is 4.80. The van der Waals surface area contributed by atoms with Gasteiger partial charge >= 0.3 is 5.97 Å². The Hall–Kier alpha value is -1.85. The topological polar surface area (TPSA) is 75.5 Å². The maximum atomic E-state index is 10.7. The number of aliphatic carboxylic acids is 1. The summed E-state index contributed by atoms with van der Waals surface area (Å²) in [5.74, 6) is -0.00411. The van der Waals surface area contributed by atoms with Gasteiger partial charge in [0.2, 0.25) is 11.8 Å². The van der Waals surface area contributed by atoms with Crippen LogP contribution >= 0.6 is 0 Å². The van der Waals surface area contributed by atoms with Crippen LogP contribution in [0.4, 0.5) is 5.95 Å². The number of aryl methyl sites for hydroxylation is 1. The van der Waals surface area contributed by atoms with Crippen LogP contribution in [-0.4, -0.2) is 40.2 Å². The van der Waals surface area contributed by atoms with Gasteiger partial charge in [-0.2, -0.15) is 4.98 Å². The molecule has 6 nitrogen and oxygen atoms in total. The number of anilines is 1. The summed E-state index contributed by atoms with van der Waals surface area (Å²) in [5.41, 5.74) is 0.814. The van der Waals surface area contributed by atoms with Crippen molar-refractivity contribution >= 4 is 11.9 Å². The highest BCUT2D eigenvalue weighted by atomic mass is 16.5. The molecule has 1 aliphatic heterocycles. The minimum absolute atomic E-state index is 0.0512. The Kier molecular flexibility index (Phi) is 3.36. The molecule has 1 N–H and O–H groups in total. The standard InChI is InChI=1S/C12H17N3O3/c1-7(2)18-10-4-8(3)13-12(14-10)15-5-9(6-15)11(16)17/h4,7,9H,5-6H2,1-3H3,(H,16,17). The fourth-order valence-corrected chi connectivity index (χ4v) is 1.77. The molecule has 0 aliphatic carbocycles. The zero-order chi connectivity index (χ0) is 13.3. The van der Waals surface area contributed by atoms with E-state index >= 15 is 0 Å². The van der Waals surface area contributed by atoms with E-state index < -0.39 is 5.97 Å². The van der Waals surface area contributed by atoms with Crippen LogP contribution in [0, 0.1) is 12.8 Å². The van der Waals surface area contributed by atoms with Gasteiger partial charge in [-0.3, -0.25) is 4.79 Å². The largest absolute Gasteiger partial charge is 0.481 e. The lowest BCUT2D eigenvalue weighted by atomic mass is 10.0. The summed E-state index contributed by atoms with van der Waals surface area (Å²) in [5, 5.41) is 8.83. The fourth-order valence-electron chi connectivity index (χ4n) is 1.77. The minimum Gasteiger partial charge on any atom is -0.481 e. The van der Waals surface area contributed by atoms with Crippen molar-refractivity contribution in [2.75, 3.05) is 18.0 Å². The molecular weight excluding hydrogens is 234 g/mol. The summed E-state index contributed by atoms with van der Waals surface area (Å²) in [7, 11) is 0. The van der Waals surface area contributed by atoms with Crippen molar-refractivity contribution in [3.63, 3.8) is 0 Å². The predicted molar refractivity (Wildman–Crippen MR) is 65.9 cm³/mol. The van der Waals surface area contributed by atoms with Gasteiger partial charge in [0.25, 0.3) is 0 Å². The van der Waals surface area contributed by atoms with Gasteiger partial charge < -0.3 is 14.7 Å². The fraction of sp³-hybridized carbons (Fsp3) is 0.583. The Morgan fingerprint density at radius 3 is 2.72 bits per heavy atom. The molecule has 1 aromatic heterocycles. The first-order valence-electron chi connectivity index (χ1n) is 5.96. The van der Waals surface area contributed by atoms with Crippen LogP contribution in [0.3, 0.4) is 0 Å². The zero-order valence-electron chi connectivity index (χ0n) is 10.8. The minimum atomic E-state index is -0.766. The van der Waals surface area contributed by atoms with Gasteiger partial charge in [0.05, 0.1) is 12.0 Å². The number of carboxylic acids is 1. The van der Waals surface area contributed by atoms with Crippen LogP contribution in [0.15, 0.2) is 6.07 Å². The van der Waals surface area contributed by atoms with E-state index in [4.69, 9.17) is 9.84 Å².